The first-order chi connectivity index (χ1) is 11.9. The first kappa shape index (κ1) is 18.2. The summed E-state index contributed by atoms with van der Waals surface area (Å²) in [6, 6.07) is 5.03. The minimum atomic E-state index is -0.631. The standard InChI is InChI=1S/C17H16Cl2N2O3S/c1-8-13(10-5-4-9(18)7-11(10)19)14(15(20)22)17(25-8)21-16(23)12-3-2-6-24-12/h4-5,7,12H,2-3,6H2,1H3,(H2,20,22)(H,21,23). The molecule has 2 amide bonds. The number of thiophene rings is 1. The average molecular weight is 399 g/mol. The first-order valence-electron chi connectivity index (χ1n) is 7.69. The number of nitrogens with one attached hydrogen (secondary N) is 1. The number of carbonyl (C=O) groups is 2. The van der Waals surface area contributed by atoms with Crippen LogP contribution in [0.2, 0.25) is 10.0 Å². The van der Waals surface area contributed by atoms with Crippen LogP contribution in [0.25, 0.3) is 11.1 Å². The second-order valence-electron chi connectivity index (χ2n) is 5.72. The van der Waals surface area contributed by atoms with E-state index in [9.17, 15) is 9.59 Å². The van der Waals surface area contributed by atoms with Crippen molar-refractivity contribution in [1.82, 2.24) is 0 Å². The molecule has 0 aliphatic carbocycles. The van der Waals surface area contributed by atoms with Gasteiger partial charge in [-0.1, -0.05) is 29.3 Å². The number of anilines is 1. The number of primary amides is 1. The number of rotatable bonds is 4. The molecule has 1 aliphatic heterocycles. The molecule has 1 fully saturated rings. The summed E-state index contributed by atoms with van der Waals surface area (Å²) in [4.78, 5) is 25.2. The first-order valence-corrected chi connectivity index (χ1v) is 9.26. The number of halogens is 2. The quantitative estimate of drug-likeness (QED) is 0.807. The topological polar surface area (TPSA) is 81.4 Å². The Morgan fingerprint density at radius 3 is 2.72 bits per heavy atom. The molecule has 0 spiro atoms. The van der Waals surface area contributed by atoms with E-state index in [1.807, 2.05) is 6.92 Å². The van der Waals surface area contributed by atoms with Crippen molar-refractivity contribution in [3.8, 4) is 11.1 Å². The van der Waals surface area contributed by atoms with Gasteiger partial charge in [-0.2, -0.15) is 0 Å². The van der Waals surface area contributed by atoms with Crippen LogP contribution in [0.3, 0.4) is 0 Å². The third kappa shape index (κ3) is 3.67. The number of hydrogen-bond acceptors (Lipinski definition) is 4. The molecule has 1 unspecified atom stereocenters. The van der Waals surface area contributed by atoms with Gasteiger partial charge in [-0.05, 0) is 31.9 Å². The van der Waals surface area contributed by atoms with Gasteiger partial charge in [0.05, 0.1) is 5.56 Å². The maximum absolute atomic E-state index is 12.3. The summed E-state index contributed by atoms with van der Waals surface area (Å²) in [6.45, 7) is 2.41. The predicted molar refractivity (Wildman–Crippen MR) is 101 cm³/mol. The molecule has 3 N–H and O–H groups in total. The fourth-order valence-electron chi connectivity index (χ4n) is 2.86. The molecule has 25 heavy (non-hydrogen) atoms. The number of benzene rings is 1. The monoisotopic (exact) mass is 398 g/mol. The van der Waals surface area contributed by atoms with Gasteiger partial charge in [0, 0.05) is 32.7 Å². The van der Waals surface area contributed by atoms with Gasteiger partial charge in [0.2, 0.25) is 0 Å². The number of ether oxygens (including phenoxy) is 1. The summed E-state index contributed by atoms with van der Waals surface area (Å²) in [7, 11) is 0. The fraction of sp³-hybridized carbons (Fsp3) is 0.294. The van der Waals surface area contributed by atoms with Gasteiger partial charge in [0.1, 0.15) is 11.1 Å². The van der Waals surface area contributed by atoms with E-state index in [0.29, 0.717) is 39.2 Å². The van der Waals surface area contributed by atoms with Crippen LogP contribution in [-0.4, -0.2) is 24.5 Å². The molecule has 1 aliphatic rings. The van der Waals surface area contributed by atoms with Gasteiger partial charge in [0.25, 0.3) is 11.8 Å². The molecular formula is C17H16Cl2N2O3S. The molecular weight excluding hydrogens is 383 g/mol. The number of amides is 2. The summed E-state index contributed by atoms with van der Waals surface area (Å²) < 4.78 is 5.38. The van der Waals surface area contributed by atoms with Crippen molar-refractivity contribution in [2.24, 2.45) is 5.73 Å². The summed E-state index contributed by atoms with van der Waals surface area (Å²) in [5, 5.41) is 4.09. The zero-order valence-corrected chi connectivity index (χ0v) is 15.7. The summed E-state index contributed by atoms with van der Waals surface area (Å²) in [5.74, 6) is -0.900. The van der Waals surface area contributed by atoms with E-state index in [1.54, 1.807) is 18.2 Å². The normalized spacial score (nSPS) is 16.8. The Balaban J connectivity index is 2.03. The van der Waals surface area contributed by atoms with Gasteiger partial charge in [-0.15, -0.1) is 11.3 Å². The highest BCUT2D eigenvalue weighted by Gasteiger charge is 2.28. The molecule has 5 nitrogen and oxygen atoms in total. The summed E-state index contributed by atoms with van der Waals surface area (Å²) in [5.41, 5.74) is 7.10. The Hall–Kier alpha value is -1.60. The fourth-order valence-corrected chi connectivity index (χ4v) is 4.44. The lowest BCUT2D eigenvalue weighted by molar-refractivity contribution is -0.124. The number of hydrogen-bond donors (Lipinski definition) is 2. The Morgan fingerprint density at radius 1 is 1.36 bits per heavy atom. The van der Waals surface area contributed by atoms with Crippen LogP contribution in [-0.2, 0) is 9.53 Å². The minimum absolute atomic E-state index is 0.248. The maximum Gasteiger partial charge on any atom is 0.254 e. The average Bonchev–Trinajstić information content (AvgIpc) is 3.15. The molecule has 1 aromatic carbocycles. The van der Waals surface area contributed by atoms with Crippen LogP contribution >= 0.6 is 34.5 Å². The van der Waals surface area contributed by atoms with Crippen LogP contribution in [0.1, 0.15) is 28.1 Å². The van der Waals surface area contributed by atoms with Crippen molar-refractivity contribution in [2.45, 2.75) is 25.9 Å². The molecule has 3 rings (SSSR count). The number of aryl methyl sites for hydroxylation is 1. The Bertz CT molecular complexity index is 845. The highest BCUT2D eigenvalue weighted by molar-refractivity contribution is 7.17. The minimum Gasteiger partial charge on any atom is -0.368 e. The largest absolute Gasteiger partial charge is 0.368 e. The van der Waals surface area contributed by atoms with Crippen LogP contribution in [0.4, 0.5) is 5.00 Å². The van der Waals surface area contributed by atoms with Crippen molar-refractivity contribution in [2.75, 3.05) is 11.9 Å². The SMILES string of the molecule is Cc1sc(NC(=O)C2CCCO2)c(C(N)=O)c1-c1ccc(Cl)cc1Cl. The highest BCUT2D eigenvalue weighted by Crippen LogP contribution is 2.42. The molecule has 0 saturated carbocycles. The van der Waals surface area contributed by atoms with Gasteiger partial charge in [-0.3, -0.25) is 9.59 Å². The van der Waals surface area contributed by atoms with E-state index in [-0.39, 0.29) is 11.5 Å². The predicted octanol–water partition coefficient (Wildman–Crippen LogP) is 4.25. The van der Waals surface area contributed by atoms with Gasteiger partial charge < -0.3 is 15.8 Å². The number of nitrogens with two attached hydrogens (primary N) is 1. The van der Waals surface area contributed by atoms with Crippen molar-refractivity contribution in [3.63, 3.8) is 0 Å². The molecule has 1 aromatic heterocycles. The number of carbonyl (C=O) groups excluding carboxylic acids is 2. The smallest absolute Gasteiger partial charge is 0.254 e. The van der Waals surface area contributed by atoms with Gasteiger partial charge >= 0.3 is 0 Å². The second kappa shape index (κ2) is 7.33. The highest BCUT2D eigenvalue weighted by atomic mass is 35.5. The lowest BCUT2D eigenvalue weighted by Gasteiger charge is -2.11. The summed E-state index contributed by atoms with van der Waals surface area (Å²) in [6.07, 6.45) is 1.01. The van der Waals surface area contributed by atoms with Crippen molar-refractivity contribution < 1.29 is 14.3 Å². The molecule has 0 bridgehead atoms. The van der Waals surface area contributed by atoms with Crippen LogP contribution in [0.5, 0.6) is 0 Å². The lowest BCUT2D eigenvalue weighted by atomic mass is 10.0. The Labute approximate surface area is 159 Å². The Kier molecular flexibility index (Phi) is 5.34. The molecule has 8 heteroatoms. The maximum atomic E-state index is 12.3. The third-order valence-corrected chi connectivity index (χ3v) is 5.56. The van der Waals surface area contributed by atoms with E-state index in [2.05, 4.69) is 5.32 Å². The van der Waals surface area contributed by atoms with Gasteiger partial charge in [0.15, 0.2) is 0 Å². The van der Waals surface area contributed by atoms with E-state index in [1.165, 1.54) is 11.3 Å². The van der Waals surface area contributed by atoms with Gasteiger partial charge in [-0.25, -0.2) is 0 Å². The van der Waals surface area contributed by atoms with E-state index < -0.39 is 12.0 Å². The molecule has 2 aromatic rings. The molecule has 2 heterocycles. The van der Waals surface area contributed by atoms with E-state index >= 15 is 0 Å². The van der Waals surface area contributed by atoms with Crippen molar-refractivity contribution >= 4 is 51.4 Å². The zero-order chi connectivity index (χ0) is 18.1. The Morgan fingerprint density at radius 2 is 2.12 bits per heavy atom. The molecule has 1 atom stereocenters. The zero-order valence-electron chi connectivity index (χ0n) is 13.4. The van der Waals surface area contributed by atoms with Crippen molar-refractivity contribution in [3.05, 3.63) is 38.7 Å². The molecule has 0 radical (unpaired) electrons. The van der Waals surface area contributed by atoms with Crippen LogP contribution in [0.15, 0.2) is 18.2 Å². The van der Waals surface area contributed by atoms with Crippen molar-refractivity contribution in [1.29, 1.82) is 0 Å². The summed E-state index contributed by atoms with van der Waals surface area (Å²) >= 11 is 13.5. The molecule has 132 valence electrons. The van der Waals surface area contributed by atoms with Crippen LogP contribution in [0, 0.1) is 6.92 Å². The van der Waals surface area contributed by atoms with Crippen LogP contribution < -0.4 is 11.1 Å². The van der Waals surface area contributed by atoms with E-state index in [0.717, 1.165) is 11.3 Å². The molecule has 1 saturated heterocycles. The van der Waals surface area contributed by atoms with E-state index in [4.69, 9.17) is 33.7 Å². The lowest BCUT2D eigenvalue weighted by Crippen LogP contribution is -2.27. The third-order valence-electron chi connectivity index (χ3n) is 3.99. The second-order valence-corrected chi connectivity index (χ2v) is 7.79.